The molecule has 63 heavy (non-hydrogen) atoms. The van der Waals surface area contributed by atoms with Gasteiger partial charge >= 0.3 is 0 Å². The van der Waals surface area contributed by atoms with E-state index < -0.39 is 32.8 Å². The Labute approximate surface area is 361 Å². The molecule has 3 aliphatic carbocycles. The van der Waals surface area contributed by atoms with Crippen LogP contribution in [0, 0.1) is 41.7 Å². The van der Waals surface area contributed by atoms with Crippen LogP contribution >= 0.6 is 0 Å². The number of nitro benzene ring substituents is 1. The predicted molar refractivity (Wildman–Crippen MR) is 221 cm³/mol. The summed E-state index contributed by atoms with van der Waals surface area (Å²) in [6, 6.07) is 6.41. The summed E-state index contributed by atoms with van der Waals surface area (Å²) in [5, 5.41) is 27.5. The van der Waals surface area contributed by atoms with Gasteiger partial charge in [-0.05, 0) is 88.3 Å². The second kappa shape index (κ2) is 19.5. The van der Waals surface area contributed by atoms with Crippen molar-refractivity contribution in [2.24, 2.45) is 24.8 Å². The molecule has 0 atom stereocenters. The van der Waals surface area contributed by atoms with Crippen molar-refractivity contribution < 1.29 is 53.5 Å². The molecule has 8 rings (SSSR count). The molecule has 1 aromatic carbocycles. The molecule has 4 aromatic heterocycles. The summed E-state index contributed by atoms with van der Waals surface area (Å²) in [6.45, 7) is 4.41. The van der Waals surface area contributed by atoms with Gasteiger partial charge in [0.25, 0.3) is 15.8 Å². The summed E-state index contributed by atoms with van der Waals surface area (Å²) in [4.78, 5) is 14.5. The van der Waals surface area contributed by atoms with Gasteiger partial charge in [-0.1, -0.05) is 5.16 Å². The zero-order valence-electron chi connectivity index (χ0n) is 35.3. The Kier molecular flexibility index (Phi) is 14.8. The Bertz CT molecular complexity index is 2410. The fourth-order valence-corrected chi connectivity index (χ4v) is 9.20. The van der Waals surface area contributed by atoms with Crippen molar-refractivity contribution in [1.82, 2.24) is 24.5 Å². The number of hydrogen-bond acceptors (Lipinski definition) is 10. The van der Waals surface area contributed by atoms with Gasteiger partial charge in [0.05, 0.1) is 39.3 Å². The minimum atomic E-state index is -4.04. The number of halogens is 6. The Morgan fingerprint density at radius 3 is 1.89 bits per heavy atom. The van der Waals surface area contributed by atoms with E-state index in [9.17, 15) is 44.9 Å². The average molecular weight is 911 g/mol. The first kappa shape index (κ1) is 47.7. The van der Waals surface area contributed by atoms with Gasteiger partial charge in [0, 0.05) is 112 Å². The first-order chi connectivity index (χ1) is 29.6. The Morgan fingerprint density at radius 2 is 1.40 bits per heavy atom. The normalized spacial score (nSPS) is 19.2. The van der Waals surface area contributed by atoms with Crippen molar-refractivity contribution in [2.75, 3.05) is 13.2 Å². The van der Waals surface area contributed by atoms with E-state index in [1.807, 2.05) is 39.5 Å². The van der Waals surface area contributed by atoms with Gasteiger partial charge < -0.3 is 14.2 Å². The molecule has 5 aromatic rings. The molecule has 1 N–H and O–H groups in total. The first-order valence-corrected chi connectivity index (χ1v) is 22.3. The lowest BCUT2D eigenvalue weighted by atomic mass is 9.87. The molecule has 0 aliphatic heterocycles. The summed E-state index contributed by atoms with van der Waals surface area (Å²) in [5.74, 6) is -6.78. The number of nitro groups is 1. The number of aromatic nitrogens is 5. The number of rotatable bonds is 10. The number of fused-ring (bicyclic) bond motifs is 1. The third-order valence-electron chi connectivity index (χ3n) is 12.1. The lowest BCUT2D eigenvalue weighted by Crippen LogP contribution is -2.27. The summed E-state index contributed by atoms with van der Waals surface area (Å²) < 4.78 is 116. The van der Waals surface area contributed by atoms with Gasteiger partial charge in [-0.3, -0.25) is 24.0 Å². The van der Waals surface area contributed by atoms with E-state index in [1.165, 1.54) is 0 Å². The van der Waals surface area contributed by atoms with E-state index in [0.29, 0.717) is 32.2 Å². The number of hydrogen-bond donors (Lipinski definition) is 1. The van der Waals surface area contributed by atoms with Crippen LogP contribution in [0.5, 0.6) is 0 Å². The third kappa shape index (κ3) is 12.5. The van der Waals surface area contributed by atoms with Crippen LogP contribution in [0.4, 0.5) is 32.0 Å². The lowest BCUT2D eigenvalue weighted by Gasteiger charge is -2.28. The van der Waals surface area contributed by atoms with Crippen LogP contribution in [0.1, 0.15) is 88.5 Å². The molecule has 3 fully saturated rings. The maximum absolute atomic E-state index is 13.6. The highest BCUT2D eigenvalue weighted by Gasteiger charge is 2.37. The van der Waals surface area contributed by atoms with Crippen LogP contribution < -0.4 is 0 Å². The highest BCUT2D eigenvalue weighted by Crippen LogP contribution is 2.40. The van der Waals surface area contributed by atoms with Crippen molar-refractivity contribution in [3.8, 4) is 22.3 Å². The maximum atomic E-state index is 13.6. The zero-order valence-corrected chi connectivity index (χ0v) is 36.1. The van der Waals surface area contributed by atoms with Gasteiger partial charge in [0.15, 0.2) is 0 Å². The van der Waals surface area contributed by atoms with E-state index >= 15 is 0 Å². The number of aliphatic hydroxyl groups excluding tert-OH is 1. The van der Waals surface area contributed by atoms with E-state index in [0.717, 1.165) is 69.0 Å². The number of non-ortho nitro benzene ring substituents is 1. The second-order valence-corrected chi connectivity index (χ2v) is 18.6. The molecule has 0 saturated heterocycles. The largest absolute Gasteiger partial charge is 0.396 e. The average Bonchev–Trinajstić information content (AvgIpc) is 3.94. The van der Waals surface area contributed by atoms with Gasteiger partial charge in [-0.25, -0.2) is 26.3 Å². The van der Waals surface area contributed by atoms with Crippen LogP contribution in [0.2, 0.25) is 0 Å². The molecule has 0 amide bonds. The molecule has 0 radical (unpaired) electrons. The molecule has 13 nitrogen and oxygen atoms in total. The predicted octanol–water partition coefficient (Wildman–Crippen LogP) is 10.5. The first-order valence-electron chi connectivity index (χ1n) is 20.9. The second-order valence-electron chi connectivity index (χ2n) is 17.0. The summed E-state index contributed by atoms with van der Waals surface area (Å²) in [5.41, 5.74) is 6.32. The highest BCUT2D eigenvalue weighted by molar-refractivity contribution is 7.86. The topological polar surface area (TPSA) is 168 Å². The molecule has 3 aliphatic rings. The zero-order chi connectivity index (χ0) is 45.7. The molecule has 4 heterocycles. The molecular formula is C43H52F6N6O7S. The summed E-state index contributed by atoms with van der Waals surface area (Å²) in [6.07, 6.45) is 9.47. The fourth-order valence-electron chi connectivity index (χ4n) is 8.22. The van der Waals surface area contributed by atoms with Gasteiger partial charge in [-0.2, -0.15) is 13.5 Å². The Morgan fingerprint density at radius 1 is 0.841 bits per heavy atom. The van der Waals surface area contributed by atoms with Crippen LogP contribution in [0.15, 0.2) is 64.5 Å². The highest BCUT2D eigenvalue weighted by atomic mass is 32.2. The van der Waals surface area contributed by atoms with Crippen molar-refractivity contribution in [3.05, 3.63) is 76.7 Å². The number of benzene rings is 1. The number of aliphatic hydroxyl groups is 1. The standard InChI is InChI=1S/C23H25F2N5O.C13H15F2NO5S.C7H12F2O/c1-14-21(15(2)31-28-14)17-8-20-22(26-9-17)19(18-10-27-29(3)12-18)13-30(20)11-16-4-6-23(24,25)7-5-16;14-13(15)7-5-10(6-8-13)9-21-22(19,20)12-3-1-11(2-4-12)16(17)18;8-7(9)3-1-6(5-10)2-4-7/h8-10,12-13,16H,4-7,11H2,1-3H3;1-4,10H,5-9H2;6,10H,1-5H2. The third-order valence-corrected chi connectivity index (χ3v) is 13.4. The lowest BCUT2D eigenvalue weighted by molar-refractivity contribution is -0.384. The van der Waals surface area contributed by atoms with Gasteiger partial charge in [0.1, 0.15) is 5.76 Å². The van der Waals surface area contributed by atoms with Gasteiger partial charge in [-0.15, -0.1) is 0 Å². The van der Waals surface area contributed by atoms with Crippen molar-refractivity contribution in [1.29, 1.82) is 0 Å². The Hall–Kier alpha value is -4.82. The number of alkyl halides is 6. The van der Waals surface area contributed by atoms with Crippen LogP contribution in [0.3, 0.4) is 0 Å². The summed E-state index contributed by atoms with van der Waals surface area (Å²) in [7, 11) is -2.16. The molecule has 0 unspecified atom stereocenters. The number of nitrogens with zero attached hydrogens (tertiary/aromatic N) is 6. The molecule has 3 saturated carbocycles. The molecular weight excluding hydrogens is 859 g/mol. The molecule has 0 spiro atoms. The minimum absolute atomic E-state index is 0.0328. The number of aryl methyl sites for hydroxylation is 3. The molecule has 344 valence electrons. The number of pyridine rings is 1. The smallest absolute Gasteiger partial charge is 0.296 e. The van der Waals surface area contributed by atoms with Gasteiger partial charge in [0.2, 0.25) is 17.8 Å². The van der Waals surface area contributed by atoms with Crippen LogP contribution in [-0.4, -0.2) is 73.9 Å². The van der Waals surface area contributed by atoms with Crippen molar-refractivity contribution in [3.63, 3.8) is 0 Å². The van der Waals surface area contributed by atoms with E-state index in [1.54, 1.807) is 4.68 Å². The van der Waals surface area contributed by atoms with Crippen LogP contribution in [-0.2, 0) is 27.9 Å². The Balaban J connectivity index is 0.000000179. The van der Waals surface area contributed by atoms with Crippen LogP contribution in [0.25, 0.3) is 33.3 Å². The monoisotopic (exact) mass is 910 g/mol. The maximum Gasteiger partial charge on any atom is 0.296 e. The van der Waals surface area contributed by atoms with Crippen molar-refractivity contribution >= 4 is 26.8 Å². The van der Waals surface area contributed by atoms with E-state index in [2.05, 4.69) is 27.1 Å². The molecule has 0 bridgehead atoms. The fraction of sp³-hybridized carbons (Fsp3) is 0.558. The van der Waals surface area contributed by atoms with E-state index in [-0.39, 0.29) is 92.9 Å². The molecule has 20 heteroatoms. The quantitative estimate of drug-likeness (QED) is 0.0616. The summed E-state index contributed by atoms with van der Waals surface area (Å²) >= 11 is 0. The van der Waals surface area contributed by atoms with Crippen molar-refractivity contribution in [2.45, 2.75) is 120 Å². The SMILES string of the molecule is Cc1noc(C)c1-c1cnc2c(-c3cnn(C)c3)cn(CC3CCC(F)(F)CC3)c2c1.O=[N+]([O-])c1ccc(S(=O)(=O)OCC2CCC(F)(F)CC2)cc1.OCC1CCC(F)(F)CC1. The minimum Gasteiger partial charge on any atom is -0.396 e. The van der Waals surface area contributed by atoms with E-state index in [4.69, 9.17) is 18.8 Å².